The smallest absolute Gasteiger partial charge is 0.251 e. The Balaban J connectivity index is 1.59. The zero-order valence-electron chi connectivity index (χ0n) is 13.6. The summed E-state index contributed by atoms with van der Waals surface area (Å²) >= 11 is 7.71. The number of nitrogens with one attached hydrogen (secondary N) is 1. The third-order valence-corrected chi connectivity index (χ3v) is 4.69. The van der Waals surface area contributed by atoms with Gasteiger partial charge in [0.25, 0.3) is 5.91 Å². The number of hydrogen-bond donors (Lipinski definition) is 1. The van der Waals surface area contributed by atoms with Gasteiger partial charge in [-0.3, -0.25) is 4.79 Å². The van der Waals surface area contributed by atoms with Crippen molar-refractivity contribution in [2.45, 2.75) is 19.6 Å². The summed E-state index contributed by atoms with van der Waals surface area (Å²) in [4.78, 5) is 16.6. The number of thiazole rings is 1. The molecule has 1 heterocycles. The molecule has 0 aliphatic carbocycles. The topological polar surface area (TPSA) is 51.2 Å². The van der Waals surface area contributed by atoms with E-state index in [4.69, 9.17) is 16.3 Å². The van der Waals surface area contributed by atoms with Crippen LogP contribution in [0.3, 0.4) is 0 Å². The lowest BCUT2D eigenvalue weighted by molar-refractivity contribution is 0.0940. The summed E-state index contributed by atoms with van der Waals surface area (Å²) < 4.78 is 5.65. The van der Waals surface area contributed by atoms with E-state index in [1.807, 2.05) is 36.6 Å². The number of amides is 1. The van der Waals surface area contributed by atoms with Crippen LogP contribution in [0.4, 0.5) is 0 Å². The molecule has 2 aromatic carbocycles. The van der Waals surface area contributed by atoms with Crippen LogP contribution < -0.4 is 10.1 Å². The zero-order chi connectivity index (χ0) is 17.6. The van der Waals surface area contributed by atoms with Gasteiger partial charge in [0.15, 0.2) is 0 Å². The van der Waals surface area contributed by atoms with Crippen molar-refractivity contribution in [2.75, 3.05) is 0 Å². The van der Waals surface area contributed by atoms with Gasteiger partial charge >= 0.3 is 0 Å². The van der Waals surface area contributed by atoms with Crippen molar-refractivity contribution in [3.05, 3.63) is 81.3 Å². The van der Waals surface area contributed by atoms with Crippen molar-refractivity contribution in [3.8, 4) is 5.75 Å². The molecule has 0 bridgehead atoms. The standard InChI is InChI=1S/C19H17ClN2O2S/c1-13(17-4-2-3-5-18(17)20)22-19(23)14-6-8-16(9-7-14)24-10-15-11-25-12-21-15/h2-9,11-13H,10H2,1H3,(H,22,23)/t13-/m0/s1. The van der Waals surface area contributed by atoms with Crippen LogP contribution in [0.2, 0.25) is 5.02 Å². The number of halogens is 1. The van der Waals surface area contributed by atoms with E-state index in [1.165, 1.54) is 11.3 Å². The van der Waals surface area contributed by atoms with Gasteiger partial charge in [-0.25, -0.2) is 4.98 Å². The molecule has 0 aliphatic rings. The van der Waals surface area contributed by atoms with Crippen molar-refractivity contribution >= 4 is 28.8 Å². The number of hydrogen-bond acceptors (Lipinski definition) is 4. The van der Waals surface area contributed by atoms with E-state index in [2.05, 4.69) is 10.3 Å². The van der Waals surface area contributed by atoms with Crippen LogP contribution in [0.25, 0.3) is 0 Å². The fourth-order valence-corrected chi connectivity index (χ4v) is 3.20. The van der Waals surface area contributed by atoms with Gasteiger partial charge in [0, 0.05) is 16.0 Å². The minimum atomic E-state index is -0.179. The molecule has 0 spiro atoms. The molecular formula is C19H17ClN2O2S. The summed E-state index contributed by atoms with van der Waals surface area (Å²) in [5, 5.41) is 5.54. The number of nitrogens with zero attached hydrogens (tertiary/aromatic N) is 1. The van der Waals surface area contributed by atoms with Gasteiger partial charge < -0.3 is 10.1 Å². The van der Waals surface area contributed by atoms with Gasteiger partial charge in [0.05, 0.1) is 17.2 Å². The zero-order valence-corrected chi connectivity index (χ0v) is 15.2. The van der Waals surface area contributed by atoms with Crippen LogP contribution in [-0.4, -0.2) is 10.9 Å². The van der Waals surface area contributed by atoms with Gasteiger partial charge in [0.2, 0.25) is 0 Å². The predicted octanol–water partition coefficient (Wildman–Crippen LogP) is 4.87. The fraction of sp³-hybridized carbons (Fsp3) is 0.158. The van der Waals surface area contributed by atoms with Crippen LogP contribution in [0.5, 0.6) is 5.75 Å². The highest BCUT2D eigenvalue weighted by molar-refractivity contribution is 7.07. The van der Waals surface area contributed by atoms with Crippen molar-refractivity contribution in [1.29, 1.82) is 0 Å². The summed E-state index contributed by atoms with van der Waals surface area (Å²) in [5.41, 5.74) is 4.12. The number of carbonyl (C=O) groups excluding carboxylic acids is 1. The largest absolute Gasteiger partial charge is 0.487 e. The molecule has 1 N–H and O–H groups in total. The van der Waals surface area contributed by atoms with E-state index in [1.54, 1.807) is 29.8 Å². The Labute approximate surface area is 155 Å². The minimum Gasteiger partial charge on any atom is -0.487 e. The molecule has 1 atom stereocenters. The second kappa shape index (κ2) is 8.14. The van der Waals surface area contributed by atoms with E-state index in [-0.39, 0.29) is 11.9 Å². The summed E-state index contributed by atoms with van der Waals surface area (Å²) in [5.74, 6) is 0.544. The van der Waals surface area contributed by atoms with Gasteiger partial charge in [-0.15, -0.1) is 11.3 Å². The predicted molar refractivity (Wildman–Crippen MR) is 100 cm³/mol. The van der Waals surface area contributed by atoms with Gasteiger partial charge in [-0.1, -0.05) is 29.8 Å². The lowest BCUT2D eigenvalue weighted by Crippen LogP contribution is -2.26. The minimum absolute atomic E-state index is 0.154. The highest BCUT2D eigenvalue weighted by Crippen LogP contribution is 2.22. The molecule has 25 heavy (non-hydrogen) atoms. The molecule has 0 saturated carbocycles. The maximum absolute atomic E-state index is 12.4. The molecule has 0 saturated heterocycles. The maximum Gasteiger partial charge on any atom is 0.251 e. The van der Waals surface area contributed by atoms with E-state index >= 15 is 0 Å². The molecule has 3 rings (SSSR count). The van der Waals surface area contributed by atoms with Crippen LogP contribution in [0, 0.1) is 0 Å². The Kier molecular flexibility index (Phi) is 5.68. The van der Waals surface area contributed by atoms with Crippen LogP contribution in [-0.2, 0) is 6.61 Å². The molecule has 6 heteroatoms. The second-order valence-electron chi connectivity index (χ2n) is 5.51. The molecular weight excluding hydrogens is 356 g/mol. The molecule has 128 valence electrons. The molecule has 0 radical (unpaired) electrons. The first kappa shape index (κ1) is 17.5. The Morgan fingerprint density at radius 3 is 2.68 bits per heavy atom. The normalized spacial score (nSPS) is 11.8. The first-order valence-electron chi connectivity index (χ1n) is 7.78. The summed E-state index contributed by atoms with van der Waals surface area (Å²) in [6, 6.07) is 14.3. The quantitative estimate of drug-likeness (QED) is 0.671. The van der Waals surface area contributed by atoms with E-state index < -0.39 is 0 Å². The van der Waals surface area contributed by atoms with Crippen LogP contribution in [0.1, 0.15) is 34.6 Å². The van der Waals surface area contributed by atoms with E-state index in [0.29, 0.717) is 22.9 Å². The van der Waals surface area contributed by atoms with E-state index in [9.17, 15) is 4.79 Å². The average Bonchev–Trinajstić information content (AvgIpc) is 3.14. The monoisotopic (exact) mass is 372 g/mol. The molecule has 0 aliphatic heterocycles. The Morgan fingerprint density at radius 2 is 2.00 bits per heavy atom. The highest BCUT2D eigenvalue weighted by atomic mass is 35.5. The molecule has 0 fully saturated rings. The van der Waals surface area contributed by atoms with Crippen molar-refractivity contribution < 1.29 is 9.53 Å². The number of carbonyl (C=O) groups is 1. The third kappa shape index (κ3) is 4.59. The Bertz CT molecular complexity index is 835. The third-order valence-electron chi connectivity index (χ3n) is 3.71. The number of rotatable bonds is 6. The molecule has 4 nitrogen and oxygen atoms in total. The van der Waals surface area contributed by atoms with Crippen LogP contribution in [0.15, 0.2) is 59.4 Å². The maximum atomic E-state index is 12.4. The number of aromatic nitrogens is 1. The fourth-order valence-electron chi connectivity index (χ4n) is 2.35. The van der Waals surface area contributed by atoms with Crippen molar-refractivity contribution in [3.63, 3.8) is 0 Å². The van der Waals surface area contributed by atoms with Crippen LogP contribution >= 0.6 is 22.9 Å². The van der Waals surface area contributed by atoms with Gasteiger partial charge in [0.1, 0.15) is 12.4 Å². The van der Waals surface area contributed by atoms with E-state index in [0.717, 1.165) is 11.3 Å². The molecule has 0 unspecified atom stereocenters. The number of benzene rings is 2. The van der Waals surface area contributed by atoms with Gasteiger partial charge in [-0.2, -0.15) is 0 Å². The second-order valence-corrected chi connectivity index (χ2v) is 6.64. The first-order valence-corrected chi connectivity index (χ1v) is 9.11. The molecule has 3 aromatic rings. The average molecular weight is 373 g/mol. The lowest BCUT2D eigenvalue weighted by Gasteiger charge is -2.16. The van der Waals surface area contributed by atoms with Crippen molar-refractivity contribution in [1.82, 2.24) is 10.3 Å². The Hall–Kier alpha value is -2.37. The molecule has 1 amide bonds. The summed E-state index contributed by atoms with van der Waals surface area (Å²) in [6.45, 7) is 2.32. The van der Waals surface area contributed by atoms with Gasteiger partial charge in [-0.05, 0) is 42.8 Å². The lowest BCUT2D eigenvalue weighted by atomic mass is 10.1. The summed E-state index contributed by atoms with van der Waals surface area (Å²) in [7, 11) is 0. The number of ether oxygens (including phenoxy) is 1. The highest BCUT2D eigenvalue weighted by Gasteiger charge is 2.13. The Morgan fingerprint density at radius 1 is 1.24 bits per heavy atom. The first-order chi connectivity index (χ1) is 12.1. The SMILES string of the molecule is C[C@H](NC(=O)c1ccc(OCc2cscn2)cc1)c1ccccc1Cl. The van der Waals surface area contributed by atoms with Crippen molar-refractivity contribution in [2.24, 2.45) is 0 Å². The summed E-state index contributed by atoms with van der Waals surface area (Å²) in [6.07, 6.45) is 0. The molecule has 1 aromatic heterocycles.